The van der Waals surface area contributed by atoms with Crippen LogP contribution in [0.15, 0.2) is 217 Å². The molecular formula is C58H35N3O. The second-order valence-corrected chi connectivity index (χ2v) is 16.2. The molecule has 0 N–H and O–H groups in total. The maximum absolute atomic E-state index is 6.25. The highest BCUT2D eigenvalue weighted by atomic mass is 16.3. The molecule has 0 saturated carbocycles. The number of hydrogen-bond acceptors (Lipinski definition) is 4. The molecule has 1 spiro atoms. The van der Waals surface area contributed by atoms with Crippen LogP contribution in [-0.2, 0) is 5.41 Å². The van der Waals surface area contributed by atoms with Crippen molar-refractivity contribution in [1.82, 2.24) is 15.0 Å². The summed E-state index contributed by atoms with van der Waals surface area (Å²) in [6, 6.07) is 75.9. The van der Waals surface area contributed by atoms with Crippen LogP contribution in [-0.4, -0.2) is 15.0 Å². The van der Waals surface area contributed by atoms with E-state index in [1.807, 2.05) is 30.3 Å². The number of para-hydroxylation sites is 1. The molecule has 4 heteroatoms. The summed E-state index contributed by atoms with van der Waals surface area (Å²) in [5.74, 6) is 1.81. The third-order valence-electron chi connectivity index (χ3n) is 13.0. The second-order valence-electron chi connectivity index (χ2n) is 16.2. The lowest BCUT2D eigenvalue weighted by atomic mass is 9.65. The van der Waals surface area contributed by atoms with Gasteiger partial charge in [-0.1, -0.05) is 182 Å². The topological polar surface area (TPSA) is 51.8 Å². The molecule has 2 heterocycles. The smallest absolute Gasteiger partial charge is 0.164 e. The lowest BCUT2D eigenvalue weighted by molar-refractivity contribution is 0.669. The first-order chi connectivity index (χ1) is 30.7. The van der Waals surface area contributed by atoms with Crippen LogP contribution in [0.5, 0.6) is 0 Å². The van der Waals surface area contributed by atoms with E-state index in [1.54, 1.807) is 0 Å². The van der Waals surface area contributed by atoms with Gasteiger partial charge in [0.25, 0.3) is 0 Å². The normalized spacial score (nSPS) is 13.0. The summed E-state index contributed by atoms with van der Waals surface area (Å²) in [6.45, 7) is 0. The Morgan fingerprint density at radius 2 is 0.726 bits per heavy atom. The molecule has 13 rings (SSSR count). The van der Waals surface area contributed by atoms with Crippen LogP contribution in [0.3, 0.4) is 0 Å². The van der Waals surface area contributed by atoms with Crippen molar-refractivity contribution in [2.45, 2.75) is 5.41 Å². The summed E-state index contributed by atoms with van der Waals surface area (Å²) in [6.07, 6.45) is 0. The van der Waals surface area contributed by atoms with Gasteiger partial charge in [0.15, 0.2) is 17.5 Å². The van der Waals surface area contributed by atoms with Crippen molar-refractivity contribution in [3.63, 3.8) is 0 Å². The highest BCUT2D eigenvalue weighted by Crippen LogP contribution is 2.61. The van der Waals surface area contributed by atoms with E-state index < -0.39 is 5.41 Å². The highest BCUT2D eigenvalue weighted by Gasteiger charge is 2.49. The fraction of sp³-hybridized carbons (Fsp3) is 0.0172. The zero-order valence-electron chi connectivity index (χ0n) is 33.5. The third kappa shape index (κ3) is 4.98. The molecule has 9 aromatic carbocycles. The molecule has 2 aliphatic rings. The molecule has 0 bridgehead atoms. The zero-order valence-corrected chi connectivity index (χ0v) is 33.5. The van der Waals surface area contributed by atoms with Gasteiger partial charge in [0.1, 0.15) is 11.2 Å². The van der Waals surface area contributed by atoms with Crippen LogP contribution in [0.4, 0.5) is 0 Å². The predicted molar refractivity (Wildman–Crippen MR) is 251 cm³/mol. The van der Waals surface area contributed by atoms with Crippen molar-refractivity contribution in [1.29, 1.82) is 0 Å². The molecule has 11 aromatic rings. The molecule has 0 aliphatic heterocycles. The number of benzene rings is 9. The Kier molecular flexibility index (Phi) is 7.49. The van der Waals surface area contributed by atoms with E-state index >= 15 is 0 Å². The largest absolute Gasteiger partial charge is 0.456 e. The van der Waals surface area contributed by atoms with Gasteiger partial charge in [-0.15, -0.1) is 0 Å². The molecule has 4 nitrogen and oxygen atoms in total. The first kappa shape index (κ1) is 34.6. The number of rotatable bonds is 4. The van der Waals surface area contributed by atoms with Crippen molar-refractivity contribution in [3.8, 4) is 78.7 Å². The number of aromatic nitrogens is 3. The van der Waals surface area contributed by atoms with E-state index in [2.05, 4.69) is 182 Å². The van der Waals surface area contributed by atoms with Crippen molar-refractivity contribution in [2.75, 3.05) is 0 Å². The fourth-order valence-corrected chi connectivity index (χ4v) is 10.4. The summed E-state index contributed by atoms with van der Waals surface area (Å²) >= 11 is 0. The minimum Gasteiger partial charge on any atom is -0.456 e. The Balaban J connectivity index is 1.11. The van der Waals surface area contributed by atoms with Gasteiger partial charge in [-0.25, -0.2) is 15.0 Å². The molecule has 0 radical (unpaired) electrons. The predicted octanol–water partition coefficient (Wildman–Crippen LogP) is 14.4. The van der Waals surface area contributed by atoms with Gasteiger partial charge in [-0.3, -0.25) is 0 Å². The van der Waals surface area contributed by atoms with Crippen molar-refractivity contribution >= 4 is 21.9 Å². The minimum atomic E-state index is -0.625. The summed E-state index contributed by atoms with van der Waals surface area (Å²) in [7, 11) is 0. The van der Waals surface area contributed by atoms with Gasteiger partial charge in [-0.2, -0.15) is 0 Å². The van der Waals surface area contributed by atoms with E-state index in [4.69, 9.17) is 19.4 Å². The maximum atomic E-state index is 6.25. The van der Waals surface area contributed by atoms with Gasteiger partial charge in [0.05, 0.1) is 5.41 Å². The van der Waals surface area contributed by atoms with Crippen LogP contribution >= 0.6 is 0 Å². The molecule has 0 amide bonds. The van der Waals surface area contributed by atoms with Crippen LogP contribution in [0.2, 0.25) is 0 Å². The zero-order chi connectivity index (χ0) is 40.8. The van der Waals surface area contributed by atoms with Gasteiger partial charge < -0.3 is 4.42 Å². The standard InChI is InChI=1S/C58H35N3O/c1-2-16-36(17-3-1)39-18-4-7-25-47(39)57-60-55(37-31-33-54-48(34-37)46-24-11-15-29-53(46)62-54)59-56(61-57)38-30-32-45-41-20-6-5-19-40(41)42-21-8-12-26-49(42)58(52(45)35-38)50-27-13-9-22-43(50)44-23-10-14-28-51(44)58/h1-35H. The highest BCUT2D eigenvalue weighted by molar-refractivity contribution is 6.06. The maximum Gasteiger partial charge on any atom is 0.164 e. The molecule has 0 saturated heterocycles. The Hall–Kier alpha value is -8.21. The monoisotopic (exact) mass is 789 g/mol. The van der Waals surface area contributed by atoms with Crippen LogP contribution < -0.4 is 0 Å². The lowest BCUT2D eigenvalue weighted by Crippen LogP contribution is -2.29. The summed E-state index contributed by atoms with van der Waals surface area (Å²) in [5.41, 5.74) is 18.3. The third-order valence-corrected chi connectivity index (χ3v) is 13.0. The Morgan fingerprint density at radius 3 is 1.39 bits per heavy atom. The molecule has 2 aromatic heterocycles. The quantitative estimate of drug-likeness (QED) is 0.178. The molecule has 0 atom stereocenters. The Labute approximate surface area is 358 Å². The van der Waals surface area contributed by atoms with Gasteiger partial charge in [0, 0.05) is 27.5 Å². The lowest BCUT2D eigenvalue weighted by Gasteiger charge is -2.35. The second kappa shape index (κ2) is 13.4. The summed E-state index contributed by atoms with van der Waals surface area (Å²) in [4.78, 5) is 16.1. The minimum absolute atomic E-state index is 0.594. The molecule has 0 unspecified atom stereocenters. The number of hydrogen-bond donors (Lipinski definition) is 0. The van der Waals surface area contributed by atoms with Crippen molar-refractivity contribution < 1.29 is 4.42 Å². The fourth-order valence-electron chi connectivity index (χ4n) is 10.4. The number of fused-ring (bicyclic) bond motifs is 15. The number of furan rings is 1. The van der Waals surface area contributed by atoms with Gasteiger partial charge in [0.2, 0.25) is 0 Å². The first-order valence-corrected chi connectivity index (χ1v) is 21.1. The SMILES string of the molecule is c1ccc(-c2ccccc2-c2nc(-c3ccc4c(c3)C3(c5ccccc5-c5ccccc5-4)c4ccccc4-c4ccccc43)nc(-c3ccc4oc5ccccc5c4c3)n2)cc1. The Morgan fingerprint density at radius 1 is 0.274 bits per heavy atom. The molecule has 0 fully saturated rings. The van der Waals surface area contributed by atoms with E-state index in [-0.39, 0.29) is 0 Å². The van der Waals surface area contributed by atoms with Crippen LogP contribution in [0, 0.1) is 0 Å². The van der Waals surface area contributed by atoms with E-state index in [0.717, 1.165) is 49.8 Å². The van der Waals surface area contributed by atoms with Crippen LogP contribution in [0.1, 0.15) is 22.3 Å². The van der Waals surface area contributed by atoms with Gasteiger partial charge in [-0.05, 0) is 97.1 Å². The number of nitrogens with zero attached hydrogens (tertiary/aromatic N) is 3. The average molecular weight is 790 g/mol. The van der Waals surface area contributed by atoms with Gasteiger partial charge >= 0.3 is 0 Å². The summed E-state index contributed by atoms with van der Waals surface area (Å²) < 4.78 is 6.25. The molecule has 62 heavy (non-hydrogen) atoms. The van der Waals surface area contributed by atoms with E-state index in [9.17, 15) is 0 Å². The van der Waals surface area contributed by atoms with E-state index in [0.29, 0.717) is 17.5 Å². The van der Waals surface area contributed by atoms with Crippen LogP contribution in [0.25, 0.3) is 101 Å². The molecular weight excluding hydrogens is 755 g/mol. The van der Waals surface area contributed by atoms with Crippen molar-refractivity contribution in [3.05, 3.63) is 235 Å². The summed E-state index contributed by atoms with van der Waals surface area (Å²) in [5, 5.41) is 2.08. The van der Waals surface area contributed by atoms with E-state index in [1.165, 1.54) is 55.6 Å². The van der Waals surface area contributed by atoms with Crippen molar-refractivity contribution in [2.24, 2.45) is 0 Å². The Bertz CT molecular complexity index is 3560. The average Bonchev–Trinajstić information content (AvgIpc) is 3.84. The first-order valence-electron chi connectivity index (χ1n) is 21.1. The molecule has 288 valence electrons. The molecule has 2 aliphatic carbocycles.